The van der Waals surface area contributed by atoms with Crippen LogP contribution in [0.3, 0.4) is 0 Å². The first-order valence-corrected chi connectivity index (χ1v) is 7.30. The van der Waals surface area contributed by atoms with E-state index in [1.54, 1.807) is 0 Å². The molecule has 0 radical (unpaired) electrons. The lowest BCUT2D eigenvalue weighted by Crippen LogP contribution is -2.37. The molecule has 0 saturated carbocycles. The lowest BCUT2D eigenvalue weighted by atomic mass is 9.93. The average Bonchev–Trinajstić information content (AvgIpc) is 3.23. The molecule has 126 valence electrons. The smallest absolute Gasteiger partial charge is 0.316 e. The van der Waals surface area contributed by atoms with Gasteiger partial charge in [-0.25, -0.2) is 0 Å². The zero-order valence-electron chi connectivity index (χ0n) is 12.6. The van der Waals surface area contributed by atoms with Crippen molar-refractivity contribution < 1.29 is 34.7 Å². The normalized spacial score (nSPS) is 21.7. The van der Waals surface area contributed by atoms with Crippen LogP contribution in [0.1, 0.15) is 30.3 Å². The van der Waals surface area contributed by atoms with E-state index in [1.165, 1.54) is 11.5 Å². The third-order valence-electron chi connectivity index (χ3n) is 4.35. The second-order valence-electron chi connectivity index (χ2n) is 6.00. The summed E-state index contributed by atoms with van der Waals surface area (Å²) >= 11 is 0. The van der Waals surface area contributed by atoms with E-state index in [0.717, 1.165) is 0 Å². The van der Waals surface area contributed by atoms with Crippen molar-refractivity contribution in [3.8, 4) is 11.8 Å². The molecular formula is C15H19NO7. The molecule has 0 fully saturated rings. The van der Waals surface area contributed by atoms with Gasteiger partial charge in [-0.2, -0.15) is 0 Å². The molecule has 2 aliphatic rings. The second kappa shape index (κ2) is 5.55. The van der Waals surface area contributed by atoms with E-state index in [2.05, 4.69) is 0 Å². The van der Waals surface area contributed by atoms with Crippen molar-refractivity contribution in [2.24, 2.45) is 5.41 Å². The monoisotopic (exact) mass is 325 g/mol. The van der Waals surface area contributed by atoms with Crippen molar-refractivity contribution in [3.05, 3.63) is 23.3 Å². The van der Waals surface area contributed by atoms with Crippen LogP contribution in [-0.2, 0) is 20.8 Å². The highest BCUT2D eigenvalue weighted by atomic mass is 16.5. The van der Waals surface area contributed by atoms with E-state index in [4.69, 9.17) is 19.7 Å². The first-order chi connectivity index (χ1) is 10.9. The number of aliphatic hydroxyl groups is 2. The Morgan fingerprint density at radius 2 is 1.74 bits per heavy atom. The molecule has 1 aromatic rings. The molecule has 0 spiro atoms. The lowest BCUT2D eigenvalue weighted by molar-refractivity contribution is -0.160. The summed E-state index contributed by atoms with van der Waals surface area (Å²) < 4.78 is 11.8. The topological polar surface area (TPSA) is 121 Å². The summed E-state index contributed by atoms with van der Waals surface area (Å²) in [6.07, 6.45) is 2.89. The Hall–Kier alpha value is -2.03. The number of aromatic hydroxyl groups is 2. The van der Waals surface area contributed by atoms with E-state index in [1.807, 2.05) is 12.2 Å². The van der Waals surface area contributed by atoms with Crippen LogP contribution in [0.4, 0.5) is 0 Å². The number of hydrogen-bond acceptors (Lipinski definition) is 7. The summed E-state index contributed by atoms with van der Waals surface area (Å²) in [5.41, 5.74) is -0.298. The number of nitrogens with zero attached hydrogens (tertiary/aromatic N) is 1. The molecule has 3 heterocycles. The number of esters is 1. The SMILES string of the molecule is CC(CO)(CO)C(=O)OCCn1c(O)c2c(c1O)C1C=CC2O1. The van der Waals surface area contributed by atoms with Crippen LogP contribution >= 0.6 is 0 Å². The Balaban J connectivity index is 1.68. The van der Waals surface area contributed by atoms with Crippen LogP contribution in [0.2, 0.25) is 0 Å². The number of hydrogen-bond donors (Lipinski definition) is 4. The molecule has 0 aromatic carbocycles. The quantitative estimate of drug-likeness (QED) is 0.433. The van der Waals surface area contributed by atoms with Gasteiger partial charge in [-0.3, -0.25) is 9.36 Å². The van der Waals surface area contributed by atoms with Gasteiger partial charge in [0.05, 0.1) is 30.9 Å². The Kier molecular flexibility index (Phi) is 3.83. The molecule has 3 rings (SSSR count). The van der Waals surface area contributed by atoms with Gasteiger partial charge < -0.3 is 29.9 Å². The van der Waals surface area contributed by atoms with Crippen molar-refractivity contribution in [3.63, 3.8) is 0 Å². The van der Waals surface area contributed by atoms with Crippen molar-refractivity contribution in [1.82, 2.24) is 4.57 Å². The Bertz CT molecular complexity index is 624. The van der Waals surface area contributed by atoms with Crippen LogP contribution in [-0.4, -0.2) is 50.8 Å². The number of aromatic nitrogens is 1. The highest BCUT2D eigenvalue weighted by molar-refractivity contribution is 5.76. The third-order valence-corrected chi connectivity index (χ3v) is 4.35. The zero-order chi connectivity index (χ0) is 16.8. The van der Waals surface area contributed by atoms with Crippen molar-refractivity contribution in [2.75, 3.05) is 19.8 Å². The van der Waals surface area contributed by atoms with Gasteiger partial charge >= 0.3 is 5.97 Å². The molecule has 4 N–H and O–H groups in total. The molecule has 0 amide bonds. The van der Waals surface area contributed by atoms with Crippen LogP contribution in [0.25, 0.3) is 0 Å². The van der Waals surface area contributed by atoms with Gasteiger partial charge in [0.1, 0.15) is 24.2 Å². The number of aliphatic hydroxyl groups excluding tert-OH is 2. The van der Waals surface area contributed by atoms with E-state index < -0.39 is 24.6 Å². The number of rotatable bonds is 6. The average molecular weight is 325 g/mol. The minimum atomic E-state index is -1.38. The summed E-state index contributed by atoms with van der Waals surface area (Å²) in [6, 6.07) is 0. The number of carbonyl (C=O) groups excluding carboxylic acids is 1. The van der Waals surface area contributed by atoms with Gasteiger partial charge in [0, 0.05) is 0 Å². The Labute approximate surface area is 132 Å². The van der Waals surface area contributed by atoms with E-state index in [0.29, 0.717) is 11.1 Å². The maximum Gasteiger partial charge on any atom is 0.316 e. The van der Waals surface area contributed by atoms with E-state index in [9.17, 15) is 15.0 Å². The highest BCUT2D eigenvalue weighted by Crippen LogP contribution is 2.54. The van der Waals surface area contributed by atoms with Crippen molar-refractivity contribution in [1.29, 1.82) is 0 Å². The standard InChI is InChI=1S/C15H19NO7/c1-15(6-17,7-18)14(21)22-5-4-16-12(19)10-8-2-3-9(23-8)11(10)13(16)20/h2-3,8-9,17-20H,4-7H2,1H3. The second-order valence-corrected chi connectivity index (χ2v) is 6.00. The molecule has 23 heavy (non-hydrogen) atoms. The Morgan fingerprint density at radius 3 is 2.22 bits per heavy atom. The summed E-state index contributed by atoms with van der Waals surface area (Å²) in [7, 11) is 0. The fraction of sp³-hybridized carbons (Fsp3) is 0.533. The van der Waals surface area contributed by atoms with E-state index in [-0.39, 0.29) is 37.1 Å². The van der Waals surface area contributed by atoms with Crippen molar-refractivity contribution in [2.45, 2.75) is 25.7 Å². The fourth-order valence-electron chi connectivity index (χ4n) is 2.77. The first kappa shape index (κ1) is 15.9. The van der Waals surface area contributed by atoms with Crippen LogP contribution in [0, 0.1) is 5.41 Å². The predicted molar refractivity (Wildman–Crippen MR) is 76.7 cm³/mol. The molecule has 0 saturated heterocycles. The summed E-state index contributed by atoms with van der Waals surface area (Å²) in [5, 5.41) is 38.8. The molecule has 8 nitrogen and oxygen atoms in total. The minimum absolute atomic E-state index is 0.0444. The summed E-state index contributed by atoms with van der Waals surface area (Å²) in [4.78, 5) is 11.8. The highest BCUT2D eigenvalue weighted by Gasteiger charge is 2.42. The molecule has 2 unspecified atom stereocenters. The summed E-state index contributed by atoms with van der Waals surface area (Å²) in [6.45, 7) is 0.233. The number of ether oxygens (including phenoxy) is 2. The van der Waals surface area contributed by atoms with Gasteiger partial charge in [0.15, 0.2) is 0 Å². The number of carbonyl (C=O) groups is 1. The molecule has 8 heteroatoms. The maximum absolute atomic E-state index is 11.8. The first-order valence-electron chi connectivity index (χ1n) is 7.30. The van der Waals surface area contributed by atoms with Gasteiger partial charge in [-0.05, 0) is 6.92 Å². The van der Waals surface area contributed by atoms with Crippen LogP contribution in [0.15, 0.2) is 12.2 Å². The molecule has 2 aliphatic heterocycles. The summed E-state index contributed by atoms with van der Waals surface area (Å²) in [5.74, 6) is -0.971. The van der Waals surface area contributed by atoms with Gasteiger partial charge in [-0.15, -0.1) is 0 Å². The molecule has 2 atom stereocenters. The van der Waals surface area contributed by atoms with Gasteiger partial charge in [0.2, 0.25) is 11.8 Å². The fourth-order valence-corrected chi connectivity index (χ4v) is 2.77. The van der Waals surface area contributed by atoms with E-state index >= 15 is 0 Å². The van der Waals surface area contributed by atoms with Crippen LogP contribution in [0.5, 0.6) is 11.8 Å². The largest absolute Gasteiger partial charge is 0.494 e. The number of fused-ring (bicyclic) bond motifs is 5. The minimum Gasteiger partial charge on any atom is -0.494 e. The third kappa shape index (κ3) is 2.30. The van der Waals surface area contributed by atoms with Gasteiger partial charge in [0.25, 0.3) is 0 Å². The molecule has 1 aromatic heterocycles. The van der Waals surface area contributed by atoms with Gasteiger partial charge in [-0.1, -0.05) is 12.2 Å². The lowest BCUT2D eigenvalue weighted by Gasteiger charge is -2.22. The zero-order valence-corrected chi connectivity index (χ0v) is 12.6. The van der Waals surface area contributed by atoms with Crippen LogP contribution < -0.4 is 0 Å². The Morgan fingerprint density at radius 1 is 1.22 bits per heavy atom. The molecular weight excluding hydrogens is 306 g/mol. The molecule has 0 aliphatic carbocycles. The predicted octanol–water partition coefficient (Wildman–Crippen LogP) is 0.116. The van der Waals surface area contributed by atoms with Crippen molar-refractivity contribution >= 4 is 5.97 Å². The maximum atomic E-state index is 11.8. The molecule has 2 bridgehead atoms.